The smallest absolute Gasteiger partial charge is 0.0319 e. The Morgan fingerprint density at radius 2 is 1.56 bits per heavy atom. The molecule has 1 fully saturated rings. The average Bonchev–Trinajstić information content (AvgIpc) is 2.69. The molecule has 0 heterocycles. The van der Waals surface area contributed by atoms with Crippen LogP contribution in [0.4, 0.5) is 0 Å². The second-order valence-electron chi connectivity index (χ2n) is 7.19. The van der Waals surface area contributed by atoms with E-state index in [1.807, 2.05) is 0 Å². The van der Waals surface area contributed by atoms with E-state index in [0.29, 0.717) is 6.04 Å². The quantitative estimate of drug-likeness (QED) is 0.466. The van der Waals surface area contributed by atoms with Crippen molar-refractivity contribution in [2.75, 3.05) is 13.1 Å². The summed E-state index contributed by atoms with van der Waals surface area (Å²) in [5.41, 5.74) is 4.12. The molecule has 0 radical (unpaired) electrons. The fourth-order valence-corrected chi connectivity index (χ4v) is 3.94. The van der Waals surface area contributed by atoms with Gasteiger partial charge in [-0.3, -0.25) is 4.90 Å². The van der Waals surface area contributed by atoms with E-state index >= 15 is 0 Å². The first-order valence-corrected chi connectivity index (χ1v) is 10.6. The third-order valence-electron chi connectivity index (χ3n) is 5.43. The zero-order valence-electron chi connectivity index (χ0n) is 16.6. The second kappa shape index (κ2) is 12.4. The molecule has 0 amide bonds. The predicted octanol–water partition coefficient (Wildman–Crippen LogP) is 6.87. The summed E-state index contributed by atoms with van der Waals surface area (Å²) in [5, 5.41) is 0. The highest BCUT2D eigenvalue weighted by atomic mass is 32.1. The van der Waals surface area contributed by atoms with Gasteiger partial charge in [0.1, 0.15) is 0 Å². The fourth-order valence-electron chi connectivity index (χ4n) is 3.94. The van der Waals surface area contributed by atoms with Crippen LogP contribution in [0.25, 0.3) is 5.57 Å². The molecule has 1 saturated carbocycles. The average molecular weight is 360 g/mol. The molecule has 1 atom stereocenters. The highest BCUT2D eigenvalue weighted by molar-refractivity contribution is 7.77. The van der Waals surface area contributed by atoms with Gasteiger partial charge in [-0.25, -0.2) is 0 Å². The van der Waals surface area contributed by atoms with Crippen LogP contribution < -0.4 is 0 Å². The molecule has 0 unspecified atom stereocenters. The summed E-state index contributed by atoms with van der Waals surface area (Å²) in [7, 11) is 0. The van der Waals surface area contributed by atoms with Crippen molar-refractivity contribution in [1.29, 1.82) is 0 Å². The van der Waals surface area contributed by atoms with E-state index in [9.17, 15) is 0 Å². The minimum atomic E-state index is 0.426. The van der Waals surface area contributed by atoms with E-state index in [2.05, 4.69) is 74.6 Å². The number of nitrogens with zero attached hydrogens (tertiary/aromatic N) is 1. The van der Waals surface area contributed by atoms with Crippen molar-refractivity contribution in [2.24, 2.45) is 0 Å². The molecule has 1 aliphatic rings. The standard InChI is InChI=1S/C22H35N.CH2S/c1-5-16-23(17-6-2)19(4)18(3)20-12-14-22(15-13-20)21-10-8-7-9-11-21;1-2/h12-15,19,21H,3,5-11,16-17H2,1-2,4H3;1H2/t19-;/m0./s1. The van der Waals surface area contributed by atoms with Crippen molar-refractivity contribution in [3.05, 3.63) is 42.0 Å². The Balaban J connectivity index is 0.00000151. The first kappa shape index (κ1) is 22.1. The SMILES string of the molecule is C=C(c1ccc(C2CCCCC2)cc1)[C@H](C)N(CCC)CCC.C=S. The van der Waals surface area contributed by atoms with Crippen molar-refractivity contribution >= 4 is 23.7 Å². The molecule has 25 heavy (non-hydrogen) atoms. The number of thiocarbonyl (C=S) groups is 1. The Bertz CT molecular complexity index is 481. The lowest BCUT2D eigenvalue weighted by atomic mass is 9.83. The Labute approximate surface area is 161 Å². The van der Waals surface area contributed by atoms with Crippen LogP contribution in [0, 0.1) is 0 Å². The monoisotopic (exact) mass is 359 g/mol. The minimum Gasteiger partial charge on any atom is -0.297 e. The Kier molecular flexibility index (Phi) is 10.9. The Morgan fingerprint density at radius 3 is 2.04 bits per heavy atom. The summed E-state index contributed by atoms with van der Waals surface area (Å²) in [5.74, 6) is 3.63. The van der Waals surface area contributed by atoms with Crippen molar-refractivity contribution < 1.29 is 0 Å². The molecule has 1 aromatic carbocycles. The lowest BCUT2D eigenvalue weighted by Gasteiger charge is -2.30. The number of rotatable bonds is 8. The van der Waals surface area contributed by atoms with Crippen LogP contribution in [0.2, 0.25) is 0 Å². The number of hydrogen-bond acceptors (Lipinski definition) is 2. The first-order valence-electron chi connectivity index (χ1n) is 9.99. The molecule has 0 N–H and O–H groups in total. The van der Waals surface area contributed by atoms with Crippen LogP contribution >= 0.6 is 12.2 Å². The molecule has 2 heteroatoms. The highest BCUT2D eigenvalue weighted by Crippen LogP contribution is 2.33. The van der Waals surface area contributed by atoms with Crippen LogP contribution in [0.15, 0.2) is 30.8 Å². The molecule has 140 valence electrons. The van der Waals surface area contributed by atoms with Gasteiger partial charge in [-0.1, -0.05) is 76.2 Å². The van der Waals surface area contributed by atoms with E-state index in [0.717, 1.165) is 19.0 Å². The van der Waals surface area contributed by atoms with E-state index < -0.39 is 0 Å². The third-order valence-corrected chi connectivity index (χ3v) is 5.43. The molecule has 0 aromatic heterocycles. The van der Waals surface area contributed by atoms with Gasteiger partial charge in [-0.2, -0.15) is 0 Å². The molecule has 2 rings (SSSR count). The summed E-state index contributed by atoms with van der Waals surface area (Å²) in [6, 6.07) is 9.74. The van der Waals surface area contributed by atoms with Crippen LogP contribution in [0.3, 0.4) is 0 Å². The van der Waals surface area contributed by atoms with Gasteiger partial charge in [0.25, 0.3) is 0 Å². The molecule has 1 nitrogen and oxygen atoms in total. The molecular weight excluding hydrogens is 322 g/mol. The van der Waals surface area contributed by atoms with Gasteiger partial charge in [0, 0.05) is 6.04 Å². The van der Waals surface area contributed by atoms with Gasteiger partial charge < -0.3 is 0 Å². The van der Waals surface area contributed by atoms with Crippen LogP contribution in [-0.2, 0) is 0 Å². The summed E-state index contributed by atoms with van der Waals surface area (Å²) >= 11 is 3.83. The summed E-state index contributed by atoms with van der Waals surface area (Å²) in [6.45, 7) is 13.6. The molecule has 0 aliphatic heterocycles. The zero-order valence-corrected chi connectivity index (χ0v) is 17.4. The summed E-state index contributed by atoms with van der Waals surface area (Å²) in [4.78, 5) is 2.57. The van der Waals surface area contributed by atoms with Crippen LogP contribution in [0.1, 0.15) is 82.8 Å². The van der Waals surface area contributed by atoms with E-state index in [-0.39, 0.29) is 0 Å². The van der Waals surface area contributed by atoms with Gasteiger partial charge in [-0.05, 0) is 74.2 Å². The maximum Gasteiger partial charge on any atom is 0.0319 e. The maximum absolute atomic E-state index is 4.41. The lowest BCUT2D eigenvalue weighted by Crippen LogP contribution is -2.35. The van der Waals surface area contributed by atoms with Crippen molar-refractivity contribution in [3.8, 4) is 0 Å². The van der Waals surface area contributed by atoms with E-state index in [1.54, 1.807) is 0 Å². The van der Waals surface area contributed by atoms with Gasteiger partial charge >= 0.3 is 0 Å². The largest absolute Gasteiger partial charge is 0.297 e. The molecule has 1 aromatic rings. The Hall–Kier alpha value is -0.990. The Morgan fingerprint density at radius 1 is 1.04 bits per heavy atom. The van der Waals surface area contributed by atoms with Gasteiger partial charge in [0.15, 0.2) is 0 Å². The van der Waals surface area contributed by atoms with Crippen LogP contribution in [-0.4, -0.2) is 29.9 Å². The normalized spacial score (nSPS) is 16.2. The number of benzene rings is 1. The second-order valence-corrected chi connectivity index (χ2v) is 7.19. The molecule has 0 spiro atoms. The van der Waals surface area contributed by atoms with E-state index in [4.69, 9.17) is 0 Å². The molecule has 0 saturated heterocycles. The van der Waals surface area contributed by atoms with E-state index in [1.165, 1.54) is 61.6 Å². The number of hydrogen-bond donors (Lipinski definition) is 0. The highest BCUT2D eigenvalue weighted by Gasteiger charge is 2.18. The van der Waals surface area contributed by atoms with Crippen molar-refractivity contribution in [2.45, 2.75) is 77.7 Å². The first-order chi connectivity index (χ1) is 12.2. The predicted molar refractivity (Wildman–Crippen MR) is 118 cm³/mol. The molecule has 1 aliphatic carbocycles. The summed E-state index contributed by atoms with van der Waals surface area (Å²) < 4.78 is 0. The summed E-state index contributed by atoms with van der Waals surface area (Å²) in [6.07, 6.45) is 9.39. The maximum atomic E-state index is 4.41. The fraction of sp³-hybridized carbons (Fsp3) is 0.609. The molecule has 0 bridgehead atoms. The van der Waals surface area contributed by atoms with Crippen LogP contribution in [0.5, 0.6) is 0 Å². The molecular formula is C23H37NS. The lowest BCUT2D eigenvalue weighted by molar-refractivity contribution is 0.248. The van der Waals surface area contributed by atoms with Gasteiger partial charge in [-0.15, -0.1) is 0 Å². The van der Waals surface area contributed by atoms with Gasteiger partial charge in [0.2, 0.25) is 0 Å². The van der Waals surface area contributed by atoms with Crippen molar-refractivity contribution in [1.82, 2.24) is 4.90 Å². The topological polar surface area (TPSA) is 3.24 Å². The van der Waals surface area contributed by atoms with Crippen molar-refractivity contribution in [3.63, 3.8) is 0 Å². The van der Waals surface area contributed by atoms with Gasteiger partial charge in [0.05, 0.1) is 0 Å². The minimum absolute atomic E-state index is 0.426. The zero-order chi connectivity index (χ0) is 18.7. The third kappa shape index (κ3) is 6.67.